The fraction of sp³-hybridized carbons (Fsp3) is 0.200. The van der Waals surface area contributed by atoms with Crippen molar-refractivity contribution < 1.29 is 4.79 Å². The molecule has 0 bridgehead atoms. The Kier molecular flexibility index (Phi) is 2.83. The van der Waals surface area contributed by atoms with Crippen LogP contribution in [0.1, 0.15) is 0 Å². The van der Waals surface area contributed by atoms with Crippen LogP contribution in [0.3, 0.4) is 0 Å². The van der Waals surface area contributed by atoms with Gasteiger partial charge in [0.2, 0.25) is 0 Å². The summed E-state index contributed by atoms with van der Waals surface area (Å²) in [4.78, 5) is 15.2. The molecule has 0 unspecified atom stereocenters. The van der Waals surface area contributed by atoms with Gasteiger partial charge in [-0.15, -0.1) is 0 Å². The molecule has 2 rings (SSSR count). The van der Waals surface area contributed by atoms with Gasteiger partial charge in [-0.1, -0.05) is 0 Å². The molecule has 3 nitrogen and oxygen atoms in total. The van der Waals surface area contributed by atoms with Crippen LogP contribution in [0.5, 0.6) is 0 Å². The number of hydrogen-bond donors (Lipinski definition) is 0. The zero-order chi connectivity index (χ0) is 11.0. The van der Waals surface area contributed by atoms with Crippen LogP contribution in [-0.2, 0) is 4.79 Å². The molecule has 1 aromatic carbocycles. The molecule has 1 saturated heterocycles. The van der Waals surface area contributed by atoms with Gasteiger partial charge < -0.3 is 0 Å². The summed E-state index contributed by atoms with van der Waals surface area (Å²) in [7, 11) is 1.87. The molecule has 0 aromatic heterocycles. The molecule has 0 radical (unpaired) electrons. The monoisotopic (exact) mass is 288 g/mol. The third-order valence-electron chi connectivity index (χ3n) is 2.21. The molecule has 1 heterocycles. The summed E-state index contributed by atoms with van der Waals surface area (Å²) in [6, 6.07) is 7.25. The van der Waals surface area contributed by atoms with Crippen molar-refractivity contribution in [1.29, 1.82) is 0 Å². The summed E-state index contributed by atoms with van der Waals surface area (Å²) in [6.45, 7) is 0.398. The van der Waals surface area contributed by atoms with Crippen LogP contribution < -0.4 is 4.90 Å². The van der Waals surface area contributed by atoms with Crippen LogP contribution in [0.2, 0.25) is 5.02 Å². The first-order chi connectivity index (χ1) is 7.09. The van der Waals surface area contributed by atoms with Crippen LogP contribution in [0.4, 0.5) is 5.69 Å². The first-order valence-corrected chi connectivity index (χ1v) is 5.66. The number of benzene rings is 1. The second-order valence-corrected chi connectivity index (χ2v) is 4.55. The van der Waals surface area contributed by atoms with Crippen molar-refractivity contribution >= 4 is 43.4 Å². The van der Waals surface area contributed by atoms with Crippen LogP contribution in [0.25, 0.3) is 0 Å². The van der Waals surface area contributed by atoms with Gasteiger partial charge in [-0.25, -0.2) is 0 Å². The minimum absolute atomic E-state index is 0.0496. The van der Waals surface area contributed by atoms with Crippen molar-refractivity contribution in [2.24, 2.45) is 0 Å². The molecule has 0 atom stereocenters. The second kappa shape index (κ2) is 3.97. The van der Waals surface area contributed by atoms with Crippen molar-refractivity contribution in [2.75, 3.05) is 18.5 Å². The summed E-state index contributed by atoms with van der Waals surface area (Å²) in [5.74, 6) is 0.0496. The summed E-state index contributed by atoms with van der Waals surface area (Å²) in [5.41, 5.74) is 0.797. The molecule has 0 saturated carbocycles. The number of anilines is 1. The predicted molar refractivity (Wildman–Crippen MR) is 62.3 cm³/mol. The van der Waals surface area contributed by atoms with Crippen LogP contribution in [-0.4, -0.2) is 44.6 Å². The number of carbonyl (C=O) groups excluding carboxylic acids is 1. The van der Waals surface area contributed by atoms with E-state index in [2.05, 4.69) is 15.6 Å². The van der Waals surface area contributed by atoms with Crippen LogP contribution in [0.15, 0.2) is 24.3 Å². The third kappa shape index (κ3) is 1.93. The molecule has 1 aliphatic rings. The van der Waals surface area contributed by atoms with E-state index in [1.807, 2.05) is 24.1 Å². The summed E-state index contributed by atoms with van der Waals surface area (Å²) < 4.78 is 0.808. The normalized spacial score (nSPS) is 16.4. The summed E-state index contributed by atoms with van der Waals surface area (Å²) in [6.07, 6.45) is 0. The Hall–Kier alpha value is -0.831. The Morgan fingerprint density at radius 1 is 1.47 bits per heavy atom. The molecular weight excluding hydrogens is 279 g/mol. The van der Waals surface area contributed by atoms with E-state index in [1.165, 1.54) is 0 Å². The van der Waals surface area contributed by atoms with E-state index in [0.717, 1.165) is 10.4 Å². The van der Waals surface area contributed by atoms with E-state index >= 15 is 0 Å². The van der Waals surface area contributed by atoms with Crippen LogP contribution >= 0.6 is 11.6 Å². The Morgan fingerprint density at radius 2 is 2.20 bits per heavy atom. The number of hydrogen-bond acceptors (Lipinski definition) is 2. The number of carbonyl (C=O) groups is 1. The number of rotatable bonds is 1. The first kappa shape index (κ1) is 10.7. The molecule has 1 aliphatic heterocycles. The van der Waals surface area contributed by atoms with Gasteiger partial charge in [-0.2, -0.15) is 0 Å². The maximum atomic E-state index is 11.7. The van der Waals surface area contributed by atoms with E-state index in [9.17, 15) is 4.79 Å². The maximum absolute atomic E-state index is 11.7. The van der Waals surface area contributed by atoms with Gasteiger partial charge in [0.1, 0.15) is 0 Å². The Morgan fingerprint density at radius 3 is 2.73 bits per heavy atom. The second-order valence-electron chi connectivity index (χ2n) is 3.35. The van der Waals surface area contributed by atoms with E-state index < -0.39 is 0 Å². The Bertz CT molecular complexity index is 435. The number of nitrogens with zero attached hydrogens (tertiary/aromatic N) is 2. The number of likely N-dealkylation sites (N-methyl/N-ethyl adjacent to an activating group) is 1. The quantitative estimate of drug-likeness (QED) is 0.716. The fourth-order valence-electron chi connectivity index (χ4n) is 1.49. The van der Waals surface area contributed by atoms with Gasteiger partial charge in [0.25, 0.3) is 0 Å². The average Bonchev–Trinajstić information content (AvgIpc) is 2.41. The van der Waals surface area contributed by atoms with Gasteiger partial charge in [-0.05, 0) is 0 Å². The molecule has 0 spiro atoms. The molecule has 5 heteroatoms. The van der Waals surface area contributed by atoms with E-state index in [4.69, 9.17) is 11.6 Å². The Balaban J connectivity index is 2.39. The molecule has 1 amide bonds. The SMILES string of the molecule is CN1CC(=O)N(c2cccc(Cl)c2)C1=[Se]. The number of amides is 1. The fourth-order valence-corrected chi connectivity index (χ4v) is 2.24. The van der Waals surface area contributed by atoms with Crippen molar-refractivity contribution in [2.45, 2.75) is 0 Å². The zero-order valence-corrected chi connectivity index (χ0v) is 10.6. The van der Waals surface area contributed by atoms with E-state index in [1.54, 1.807) is 17.0 Å². The summed E-state index contributed by atoms with van der Waals surface area (Å²) in [5, 5.41) is 0.627. The zero-order valence-electron chi connectivity index (χ0n) is 8.11. The topological polar surface area (TPSA) is 23.6 Å². The predicted octanol–water partition coefficient (Wildman–Crippen LogP) is 0.874. The van der Waals surface area contributed by atoms with Crippen molar-refractivity contribution in [1.82, 2.24) is 4.90 Å². The molecule has 15 heavy (non-hydrogen) atoms. The minimum atomic E-state index is 0.0496. The molecule has 0 N–H and O–H groups in total. The molecule has 78 valence electrons. The van der Waals surface area contributed by atoms with Gasteiger partial charge >= 0.3 is 101 Å². The third-order valence-corrected chi connectivity index (χ3v) is 3.48. The first-order valence-electron chi connectivity index (χ1n) is 4.43. The standard InChI is InChI=1S/C10H9ClN2OSe/c1-12-6-9(14)13(10(12)15)8-4-2-3-7(11)5-8/h2-5H,6H2,1H3. The molecule has 1 aromatic rings. The van der Waals surface area contributed by atoms with Gasteiger partial charge in [0.05, 0.1) is 0 Å². The van der Waals surface area contributed by atoms with Gasteiger partial charge in [0, 0.05) is 0 Å². The van der Waals surface area contributed by atoms with E-state index in [0.29, 0.717) is 11.6 Å². The molecular formula is C10H9ClN2OSe. The Labute approximate surface area is 101 Å². The summed E-state index contributed by atoms with van der Waals surface area (Å²) >= 11 is 8.78. The van der Waals surface area contributed by atoms with Crippen molar-refractivity contribution in [3.63, 3.8) is 0 Å². The van der Waals surface area contributed by atoms with E-state index in [-0.39, 0.29) is 5.91 Å². The van der Waals surface area contributed by atoms with Crippen LogP contribution in [0, 0.1) is 0 Å². The van der Waals surface area contributed by atoms with Gasteiger partial charge in [-0.3, -0.25) is 0 Å². The molecule has 0 aliphatic carbocycles. The van der Waals surface area contributed by atoms with Gasteiger partial charge in [0.15, 0.2) is 0 Å². The van der Waals surface area contributed by atoms with Crippen molar-refractivity contribution in [3.05, 3.63) is 29.3 Å². The molecule has 1 fully saturated rings. The number of halogens is 1. The van der Waals surface area contributed by atoms with Crippen molar-refractivity contribution in [3.8, 4) is 0 Å². The average molecular weight is 288 g/mol.